The lowest BCUT2D eigenvalue weighted by Gasteiger charge is -2.17. The fourth-order valence-corrected chi connectivity index (χ4v) is 1.87. The van der Waals surface area contributed by atoms with Crippen LogP contribution < -0.4 is 5.32 Å². The molecule has 1 saturated carbocycles. The molecule has 92 valence electrons. The average molecular weight is 258 g/mol. The summed E-state index contributed by atoms with van der Waals surface area (Å²) in [7, 11) is 1.33. The predicted molar refractivity (Wildman–Crippen MR) is 63.6 cm³/mol. The van der Waals surface area contributed by atoms with Gasteiger partial charge in [0.05, 0.1) is 12.8 Å². The van der Waals surface area contributed by atoms with E-state index < -0.39 is 11.9 Å². The quantitative estimate of drug-likeness (QED) is 0.843. The molecular formula is C12H13ClFNO2. The van der Waals surface area contributed by atoms with E-state index in [2.05, 4.69) is 5.32 Å². The second kappa shape index (κ2) is 4.92. The lowest BCUT2D eigenvalue weighted by molar-refractivity contribution is -0.142. The number of methoxy groups -OCH3 is 1. The number of nitrogens with one attached hydrogen (secondary N) is 1. The van der Waals surface area contributed by atoms with Crippen LogP contribution in [-0.4, -0.2) is 19.1 Å². The average Bonchev–Trinajstić information content (AvgIpc) is 3.13. The number of esters is 1. The molecule has 0 spiro atoms. The summed E-state index contributed by atoms with van der Waals surface area (Å²) in [6.45, 7) is 0. The van der Waals surface area contributed by atoms with Gasteiger partial charge in [-0.1, -0.05) is 11.6 Å². The zero-order chi connectivity index (χ0) is 12.4. The van der Waals surface area contributed by atoms with Crippen LogP contribution in [0.5, 0.6) is 0 Å². The summed E-state index contributed by atoms with van der Waals surface area (Å²) >= 11 is 5.79. The highest BCUT2D eigenvalue weighted by atomic mass is 35.5. The van der Waals surface area contributed by atoms with Crippen molar-refractivity contribution in [1.82, 2.24) is 0 Å². The zero-order valence-corrected chi connectivity index (χ0v) is 10.1. The molecule has 0 heterocycles. The number of hydrogen-bond acceptors (Lipinski definition) is 3. The third kappa shape index (κ3) is 2.88. The summed E-state index contributed by atoms with van der Waals surface area (Å²) in [5, 5.41) is 3.29. The number of carbonyl (C=O) groups is 1. The van der Waals surface area contributed by atoms with E-state index >= 15 is 0 Å². The van der Waals surface area contributed by atoms with Crippen LogP contribution in [0.25, 0.3) is 0 Å². The minimum Gasteiger partial charge on any atom is -0.467 e. The van der Waals surface area contributed by atoms with Gasteiger partial charge in [-0.3, -0.25) is 0 Å². The Kier molecular flexibility index (Phi) is 3.52. The molecule has 0 amide bonds. The Hall–Kier alpha value is -1.29. The lowest BCUT2D eigenvalue weighted by Crippen LogP contribution is -2.33. The van der Waals surface area contributed by atoms with Crippen molar-refractivity contribution in [2.45, 2.75) is 18.9 Å². The van der Waals surface area contributed by atoms with Gasteiger partial charge in [0.15, 0.2) is 0 Å². The molecule has 1 N–H and O–H groups in total. The van der Waals surface area contributed by atoms with Crippen molar-refractivity contribution in [2.24, 2.45) is 5.92 Å². The molecule has 3 nitrogen and oxygen atoms in total. The van der Waals surface area contributed by atoms with Gasteiger partial charge in [-0.05, 0) is 37.0 Å². The van der Waals surface area contributed by atoms with Gasteiger partial charge in [-0.15, -0.1) is 0 Å². The normalized spacial score (nSPS) is 16.4. The van der Waals surface area contributed by atoms with Crippen LogP contribution in [0.15, 0.2) is 18.2 Å². The lowest BCUT2D eigenvalue weighted by atomic mass is 10.1. The summed E-state index contributed by atoms with van der Waals surface area (Å²) in [5.74, 6) is -0.573. The Morgan fingerprint density at radius 1 is 1.59 bits per heavy atom. The molecule has 1 atom stereocenters. The molecule has 1 fully saturated rings. The van der Waals surface area contributed by atoms with Crippen LogP contribution in [-0.2, 0) is 9.53 Å². The third-order valence-electron chi connectivity index (χ3n) is 2.79. The number of anilines is 1. The molecule has 5 heteroatoms. The van der Waals surface area contributed by atoms with E-state index in [0.717, 1.165) is 12.8 Å². The smallest absolute Gasteiger partial charge is 0.328 e. The largest absolute Gasteiger partial charge is 0.467 e. The number of benzene rings is 1. The van der Waals surface area contributed by atoms with E-state index in [-0.39, 0.29) is 17.6 Å². The van der Waals surface area contributed by atoms with Gasteiger partial charge in [0.25, 0.3) is 0 Å². The van der Waals surface area contributed by atoms with E-state index in [4.69, 9.17) is 16.3 Å². The third-order valence-corrected chi connectivity index (χ3v) is 3.02. The highest BCUT2D eigenvalue weighted by Crippen LogP contribution is 2.35. The first-order valence-corrected chi connectivity index (χ1v) is 5.79. The molecule has 1 unspecified atom stereocenters. The molecule has 0 aromatic heterocycles. The second-order valence-electron chi connectivity index (χ2n) is 4.11. The van der Waals surface area contributed by atoms with Crippen molar-refractivity contribution in [1.29, 1.82) is 0 Å². The molecule has 0 saturated heterocycles. The minimum atomic E-state index is -0.493. The topological polar surface area (TPSA) is 38.3 Å². The van der Waals surface area contributed by atoms with E-state index in [1.807, 2.05) is 0 Å². The number of ether oxygens (including phenoxy) is 1. The van der Waals surface area contributed by atoms with E-state index in [1.165, 1.54) is 25.3 Å². The molecule has 0 bridgehead atoms. The zero-order valence-electron chi connectivity index (χ0n) is 9.37. The summed E-state index contributed by atoms with van der Waals surface area (Å²) < 4.78 is 18.2. The Balaban J connectivity index is 2.16. The highest BCUT2D eigenvalue weighted by Gasteiger charge is 2.37. The standard InChI is InChI=1S/C12H13ClFNO2/c1-17-12(16)11(7-2-3-7)15-10-6-8(13)4-5-9(10)14/h4-7,11,15H,2-3H2,1H3. The van der Waals surface area contributed by atoms with Crippen LogP contribution in [0.1, 0.15) is 12.8 Å². The van der Waals surface area contributed by atoms with Crippen LogP contribution in [0.3, 0.4) is 0 Å². The van der Waals surface area contributed by atoms with Crippen molar-refractivity contribution in [3.05, 3.63) is 29.0 Å². The van der Waals surface area contributed by atoms with Gasteiger partial charge < -0.3 is 10.1 Å². The number of hydrogen-bond donors (Lipinski definition) is 1. The van der Waals surface area contributed by atoms with Gasteiger partial charge in [0.1, 0.15) is 11.9 Å². The predicted octanol–water partition coefficient (Wildman–Crippen LogP) is 2.84. The van der Waals surface area contributed by atoms with E-state index in [0.29, 0.717) is 5.02 Å². The number of rotatable bonds is 4. The fourth-order valence-electron chi connectivity index (χ4n) is 1.70. The Morgan fingerprint density at radius 3 is 2.88 bits per heavy atom. The Bertz CT molecular complexity index is 435. The first kappa shape index (κ1) is 12.2. The molecule has 1 aliphatic carbocycles. The maximum atomic E-state index is 13.5. The highest BCUT2D eigenvalue weighted by molar-refractivity contribution is 6.30. The maximum Gasteiger partial charge on any atom is 0.328 e. The van der Waals surface area contributed by atoms with E-state index in [1.54, 1.807) is 0 Å². The second-order valence-corrected chi connectivity index (χ2v) is 4.54. The van der Waals surface area contributed by atoms with Crippen LogP contribution in [0.4, 0.5) is 10.1 Å². The SMILES string of the molecule is COC(=O)C(Nc1cc(Cl)ccc1F)C1CC1. The summed E-state index contributed by atoms with van der Waals surface area (Å²) in [6.07, 6.45) is 1.91. The minimum absolute atomic E-state index is 0.223. The van der Waals surface area contributed by atoms with Gasteiger partial charge in [0.2, 0.25) is 0 Å². The van der Waals surface area contributed by atoms with Crippen molar-refractivity contribution < 1.29 is 13.9 Å². The first-order chi connectivity index (χ1) is 8.11. The molecular weight excluding hydrogens is 245 g/mol. The molecule has 1 aliphatic rings. The van der Waals surface area contributed by atoms with Crippen molar-refractivity contribution in [3.8, 4) is 0 Å². The van der Waals surface area contributed by atoms with Crippen molar-refractivity contribution >= 4 is 23.3 Å². The summed E-state index contributed by atoms with van der Waals surface area (Å²) in [5.41, 5.74) is 0.236. The number of carbonyl (C=O) groups excluding carboxylic acids is 1. The molecule has 1 aromatic carbocycles. The van der Waals surface area contributed by atoms with Crippen LogP contribution in [0.2, 0.25) is 5.02 Å². The van der Waals surface area contributed by atoms with Gasteiger partial charge in [-0.2, -0.15) is 0 Å². The van der Waals surface area contributed by atoms with Crippen molar-refractivity contribution in [3.63, 3.8) is 0 Å². The van der Waals surface area contributed by atoms with Gasteiger partial charge in [-0.25, -0.2) is 9.18 Å². The van der Waals surface area contributed by atoms with Crippen LogP contribution in [0, 0.1) is 11.7 Å². The van der Waals surface area contributed by atoms with Crippen LogP contribution >= 0.6 is 11.6 Å². The molecule has 0 radical (unpaired) electrons. The van der Waals surface area contributed by atoms with Crippen molar-refractivity contribution in [2.75, 3.05) is 12.4 Å². The van der Waals surface area contributed by atoms with E-state index in [9.17, 15) is 9.18 Å². The monoisotopic (exact) mass is 257 g/mol. The fraction of sp³-hybridized carbons (Fsp3) is 0.417. The molecule has 2 rings (SSSR count). The number of halogens is 2. The van der Waals surface area contributed by atoms with Gasteiger partial charge in [0, 0.05) is 5.02 Å². The summed E-state index contributed by atoms with van der Waals surface area (Å²) in [6, 6.07) is 3.71. The van der Waals surface area contributed by atoms with Gasteiger partial charge >= 0.3 is 5.97 Å². The Labute approximate surface area is 104 Å². The molecule has 17 heavy (non-hydrogen) atoms. The molecule has 1 aromatic rings. The maximum absolute atomic E-state index is 13.5. The molecule has 0 aliphatic heterocycles. The summed E-state index contributed by atoms with van der Waals surface area (Å²) in [4.78, 5) is 11.6. The first-order valence-electron chi connectivity index (χ1n) is 5.41. The Morgan fingerprint density at radius 2 is 2.29 bits per heavy atom.